The lowest BCUT2D eigenvalue weighted by Crippen LogP contribution is -2.25. The Labute approximate surface area is 169 Å². The van der Waals surface area contributed by atoms with E-state index < -0.39 is 0 Å². The summed E-state index contributed by atoms with van der Waals surface area (Å²) in [5.74, 6) is -0.368. The van der Waals surface area contributed by atoms with Crippen LogP contribution in [-0.4, -0.2) is 17.9 Å². The van der Waals surface area contributed by atoms with E-state index in [1.54, 1.807) is 48.5 Å². The van der Waals surface area contributed by atoms with E-state index in [1.165, 1.54) is 0 Å². The van der Waals surface area contributed by atoms with Gasteiger partial charge in [-0.25, -0.2) is 0 Å². The van der Waals surface area contributed by atoms with Crippen LogP contribution in [0.4, 0.5) is 5.69 Å². The second kappa shape index (κ2) is 7.99. The summed E-state index contributed by atoms with van der Waals surface area (Å²) in [6, 6.07) is 23.7. The fourth-order valence-corrected chi connectivity index (χ4v) is 3.13. The minimum Gasteiger partial charge on any atom is -0.349 e. The van der Waals surface area contributed by atoms with Gasteiger partial charge in [0.15, 0.2) is 0 Å². The van der Waals surface area contributed by atoms with Gasteiger partial charge in [-0.2, -0.15) is 5.26 Å². The van der Waals surface area contributed by atoms with Crippen LogP contribution in [-0.2, 0) is 0 Å². The zero-order valence-corrected chi connectivity index (χ0v) is 15.7. The maximum absolute atomic E-state index is 12.9. The van der Waals surface area contributed by atoms with Crippen LogP contribution in [0.1, 0.15) is 39.1 Å². The molecule has 2 N–H and O–H groups in total. The number of hydrogen-bond donors (Lipinski definition) is 2. The zero-order chi connectivity index (χ0) is 20.2. The number of nitrogens with one attached hydrogen (secondary N) is 2. The molecule has 0 radical (unpaired) electrons. The number of hydrogen-bond acceptors (Lipinski definition) is 3. The Kier molecular flexibility index (Phi) is 5.08. The van der Waals surface area contributed by atoms with Crippen molar-refractivity contribution in [2.75, 3.05) is 5.32 Å². The highest BCUT2D eigenvalue weighted by molar-refractivity contribution is 6.09. The molecule has 0 atom stereocenters. The molecule has 3 aromatic carbocycles. The lowest BCUT2D eigenvalue weighted by atomic mass is 9.95. The van der Waals surface area contributed by atoms with Gasteiger partial charge in [0.05, 0.1) is 11.6 Å². The summed E-state index contributed by atoms with van der Waals surface area (Å²) in [4.78, 5) is 25.0. The van der Waals surface area contributed by atoms with Gasteiger partial charge in [-0.05, 0) is 54.8 Å². The minimum atomic E-state index is -0.275. The van der Waals surface area contributed by atoms with Gasteiger partial charge in [0, 0.05) is 28.4 Å². The Balaban J connectivity index is 1.55. The van der Waals surface area contributed by atoms with Crippen molar-refractivity contribution in [3.05, 3.63) is 89.5 Å². The third kappa shape index (κ3) is 4.17. The van der Waals surface area contributed by atoms with E-state index in [9.17, 15) is 14.9 Å². The van der Waals surface area contributed by atoms with Crippen LogP contribution in [0.25, 0.3) is 11.1 Å². The number of carbonyl (C=O) groups is 2. The molecule has 0 heterocycles. The Bertz CT molecular complexity index is 1110. The number of nitrogens with zero attached hydrogens (tertiary/aromatic N) is 1. The molecule has 5 heteroatoms. The summed E-state index contributed by atoms with van der Waals surface area (Å²) in [5.41, 5.74) is 3.57. The quantitative estimate of drug-likeness (QED) is 0.688. The number of benzene rings is 3. The van der Waals surface area contributed by atoms with Crippen molar-refractivity contribution in [1.82, 2.24) is 5.32 Å². The summed E-state index contributed by atoms with van der Waals surface area (Å²) in [6.07, 6.45) is 2.07. The van der Waals surface area contributed by atoms with E-state index in [1.807, 2.05) is 24.3 Å². The standard InChI is InChI=1S/C24H19N3O2/c25-15-17-5-1-2-6-20(17)21-7-3-4-8-22(21)24(29)27-18-11-9-16(10-12-18)23(28)26-19-13-14-19/h1-12,19H,13-14H2,(H,26,28)(H,27,29). The average molecular weight is 381 g/mol. The molecule has 3 aromatic rings. The molecule has 1 saturated carbocycles. The molecule has 0 aromatic heterocycles. The lowest BCUT2D eigenvalue weighted by Gasteiger charge is -2.12. The summed E-state index contributed by atoms with van der Waals surface area (Å²) < 4.78 is 0. The van der Waals surface area contributed by atoms with Crippen LogP contribution in [0.5, 0.6) is 0 Å². The third-order valence-electron chi connectivity index (χ3n) is 4.83. The normalized spacial score (nSPS) is 12.7. The van der Waals surface area contributed by atoms with Gasteiger partial charge in [0.2, 0.25) is 0 Å². The number of rotatable bonds is 5. The van der Waals surface area contributed by atoms with Gasteiger partial charge in [-0.3, -0.25) is 9.59 Å². The average Bonchev–Trinajstić information content (AvgIpc) is 3.58. The summed E-state index contributed by atoms with van der Waals surface area (Å²) in [5, 5.41) is 15.2. The van der Waals surface area contributed by atoms with Crippen LogP contribution in [0.3, 0.4) is 0 Å². The Morgan fingerprint density at radius 1 is 0.828 bits per heavy atom. The fourth-order valence-electron chi connectivity index (χ4n) is 3.13. The van der Waals surface area contributed by atoms with Gasteiger partial charge in [-0.1, -0.05) is 36.4 Å². The van der Waals surface area contributed by atoms with E-state index in [0.717, 1.165) is 12.8 Å². The van der Waals surface area contributed by atoms with Gasteiger partial charge in [0.1, 0.15) is 0 Å². The first-order chi connectivity index (χ1) is 14.2. The molecule has 0 saturated heterocycles. The van der Waals surface area contributed by atoms with E-state index in [-0.39, 0.29) is 11.8 Å². The fraction of sp³-hybridized carbons (Fsp3) is 0.125. The van der Waals surface area contributed by atoms with Crippen molar-refractivity contribution in [3.63, 3.8) is 0 Å². The second-order valence-electron chi connectivity index (χ2n) is 6.98. The molecule has 0 spiro atoms. The molecule has 0 aliphatic heterocycles. The monoisotopic (exact) mass is 381 g/mol. The molecular formula is C24H19N3O2. The van der Waals surface area contributed by atoms with Gasteiger partial charge < -0.3 is 10.6 Å². The van der Waals surface area contributed by atoms with Crippen LogP contribution < -0.4 is 10.6 Å². The molecule has 0 bridgehead atoms. The first kappa shape index (κ1) is 18.5. The van der Waals surface area contributed by atoms with E-state index in [4.69, 9.17) is 0 Å². The molecule has 0 unspecified atom stereocenters. The highest BCUT2D eigenvalue weighted by Crippen LogP contribution is 2.27. The topological polar surface area (TPSA) is 82.0 Å². The largest absolute Gasteiger partial charge is 0.349 e. The number of nitriles is 1. The summed E-state index contributed by atoms with van der Waals surface area (Å²) in [7, 11) is 0. The molecule has 4 rings (SSSR count). The predicted octanol–water partition coefficient (Wildman–Crippen LogP) is 4.37. The summed E-state index contributed by atoms with van der Waals surface area (Å²) in [6.45, 7) is 0. The molecule has 1 aliphatic carbocycles. The molecular weight excluding hydrogens is 362 g/mol. The third-order valence-corrected chi connectivity index (χ3v) is 4.83. The molecule has 1 aliphatic rings. The van der Waals surface area contributed by atoms with Crippen molar-refractivity contribution in [1.29, 1.82) is 5.26 Å². The maximum Gasteiger partial charge on any atom is 0.256 e. The first-order valence-corrected chi connectivity index (χ1v) is 9.46. The van der Waals surface area contributed by atoms with Crippen LogP contribution in [0.2, 0.25) is 0 Å². The van der Waals surface area contributed by atoms with Crippen molar-refractivity contribution in [2.24, 2.45) is 0 Å². The maximum atomic E-state index is 12.9. The predicted molar refractivity (Wildman–Crippen MR) is 111 cm³/mol. The Morgan fingerprint density at radius 3 is 2.17 bits per heavy atom. The highest BCUT2D eigenvalue weighted by atomic mass is 16.2. The van der Waals surface area contributed by atoms with E-state index in [0.29, 0.717) is 39.5 Å². The van der Waals surface area contributed by atoms with Crippen LogP contribution in [0.15, 0.2) is 72.8 Å². The number of carbonyl (C=O) groups excluding carboxylic acids is 2. The Morgan fingerprint density at radius 2 is 1.48 bits per heavy atom. The molecule has 2 amide bonds. The van der Waals surface area contributed by atoms with E-state index in [2.05, 4.69) is 16.7 Å². The number of anilines is 1. The zero-order valence-electron chi connectivity index (χ0n) is 15.7. The summed E-state index contributed by atoms with van der Waals surface area (Å²) >= 11 is 0. The minimum absolute atomic E-state index is 0.0937. The Hall–Kier alpha value is -3.91. The molecule has 5 nitrogen and oxygen atoms in total. The van der Waals surface area contributed by atoms with Crippen LogP contribution in [0, 0.1) is 11.3 Å². The van der Waals surface area contributed by atoms with Crippen molar-refractivity contribution in [2.45, 2.75) is 18.9 Å². The van der Waals surface area contributed by atoms with Gasteiger partial charge in [-0.15, -0.1) is 0 Å². The van der Waals surface area contributed by atoms with Crippen molar-refractivity contribution >= 4 is 17.5 Å². The first-order valence-electron chi connectivity index (χ1n) is 9.46. The SMILES string of the molecule is N#Cc1ccccc1-c1ccccc1C(=O)Nc1ccc(C(=O)NC2CC2)cc1. The second-order valence-corrected chi connectivity index (χ2v) is 6.98. The van der Waals surface area contributed by atoms with Crippen molar-refractivity contribution in [3.8, 4) is 17.2 Å². The van der Waals surface area contributed by atoms with Gasteiger partial charge in [0.25, 0.3) is 11.8 Å². The van der Waals surface area contributed by atoms with Gasteiger partial charge >= 0.3 is 0 Å². The molecule has 142 valence electrons. The number of amides is 2. The van der Waals surface area contributed by atoms with Crippen LogP contribution >= 0.6 is 0 Å². The lowest BCUT2D eigenvalue weighted by molar-refractivity contribution is 0.0950. The smallest absolute Gasteiger partial charge is 0.256 e. The van der Waals surface area contributed by atoms with Crippen molar-refractivity contribution < 1.29 is 9.59 Å². The molecule has 1 fully saturated rings. The highest BCUT2D eigenvalue weighted by Gasteiger charge is 2.23. The molecule has 29 heavy (non-hydrogen) atoms. The van der Waals surface area contributed by atoms with E-state index >= 15 is 0 Å².